The molecule has 23 heavy (non-hydrogen) atoms. The van der Waals surface area contributed by atoms with Gasteiger partial charge >= 0.3 is 0 Å². The Morgan fingerprint density at radius 1 is 1.39 bits per heavy atom. The first kappa shape index (κ1) is 15.6. The van der Waals surface area contributed by atoms with Crippen LogP contribution in [0.5, 0.6) is 5.75 Å². The highest BCUT2D eigenvalue weighted by atomic mass is 32.1. The lowest BCUT2D eigenvalue weighted by Crippen LogP contribution is -2.26. The van der Waals surface area contributed by atoms with Gasteiger partial charge in [0.2, 0.25) is 0 Å². The predicted octanol–water partition coefficient (Wildman–Crippen LogP) is 3.79. The van der Waals surface area contributed by atoms with E-state index in [1.807, 2.05) is 37.4 Å². The maximum atomic E-state index is 12.7. The van der Waals surface area contributed by atoms with Crippen LogP contribution in [0.4, 0.5) is 0 Å². The number of ether oxygens (including phenoxy) is 1. The monoisotopic (exact) mass is 330 g/mol. The maximum Gasteiger partial charge on any atom is 0.289 e. The van der Waals surface area contributed by atoms with Crippen LogP contribution in [-0.2, 0) is 6.54 Å². The SMILES string of the molecule is COc1cccc2c(C)c(C(=O)N(C)Cc3csc(C)n3)oc12. The third-order valence-corrected chi connectivity index (χ3v) is 4.58. The van der Waals surface area contributed by atoms with Crippen molar-refractivity contribution in [3.63, 3.8) is 0 Å². The predicted molar refractivity (Wildman–Crippen MR) is 90.2 cm³/mol. The molecule has 0 N–H and O–H groups in total. The second kappa shape index (κ2) is 6.04. The van der Waals surface area contributed by atoms with Crippen molar-refractivity contribution < 1.29 is 13.9 Å². The minimum absolute atomic E-state index is 0.161. The molecule has 2 heterocycles. The Morgan fingerprint density at radius 2 is 2.17 bits per heavy atom. The molecule has 1 aromatic carbocycles. The van der Waals surface area contributed by atoms with Crippen LogP contribution >= 0.6 is 11.3 Å². The van der Waals surface area contributed by atoms with Crippen LogP contribution < -0.4 is 4.74 Å². The molecule has 2 aromatic heterocycles. The number of furan rings is 1. The topological polar surface area (TPSA) is 55.6 Å². The highest BCUT2D eigenvalue weighted by molar-refractivity contribution is 7.09. The Morgan fingerprint density at radius 3 is 2.83 bits per heavy atom. The van der Waals surface area contributed by atoms with Crippen LogP contribution in [0.15, 0.2) is 28.0 Å². The fourth-order valence-electron chi connectivity index (χ4n) is 2.55. The average molecular weight is 330 g/mol. The van der Waals surface area contributed by atoms with Crippen molar-refractivity contribution in [2.75, 3.05) is 14.2 Å². The summed E-state index contributed by atoms with van der Waals surface area (Å²) in [4.78, 5) is 18.7. The summed E-state index contributed by atoms with van der Waals surface area (Å²) in [6, 6.07) is 5.64. The third kappa shape index (κ3) is 2.82. The summed E-state index contributed by atoms with van der Waals surface area (Å²) < 4.78 is 11.1. The van der Waals surface area contributed by atoms with Gasteiger partial charge in [0.1, 0.15) is 0 Å². The molecule has 0 bridgehead atoms. The van der Waals surface area contributed by atoms with Crippen molar-refractivity contribution in [2.24, 2.45) is 0 Å². The maximum absolute atomic E-state index is 12.7. The van der Waals surface area contributed by atoms with E-state index in [1.165, 1.54) is 0 Å². The number of methoxy groups -OCH3 is 1. The molecule has 0 saturated heterocycles. The van der Waals surface area contributed by atoms with Gasteiger partial charge in [-0.25, -0.2) is 4.98 Å². The van der Waals surface area contributed by atoms with E-state index in [0.717, 1.165) is 21.7 Å². The number of rotatable bonds is 4. The number of hydrogen-bond acceptors (Lipinski definition) is 5. The molecule has 3 aromatic rings. The zero-order chi connectivity index (χ0) is 16.6. The Labute approximate surface area is 138 Å². The molecule has 5 nitrogen and oxygen atoms in total. The summed E-state index contributed by atoms with van der Waals surface area (Å²) in [7, 11) is 3.34. The van der Waals surface area contributed by atoms with Gasteiger partial charge in [-0.3, -0.25) is 4.79 Å². The Hall–Kier alpha value is -2.34. The van der Waals surface area contributed by atoms with E-state index in [2.05, 4.69) is 4.98 Å². The van der Waals surface area contributed by atoms with Gasteiger partial charge in [-0.05, 0) is 19.9 Å². The van der Waals surface area contributed by atoms with E-state index in [9.17, 15) is 4.79 Å². The van der Waals surface area contributed by atoms with Crippen LogP contribution in [0.1, 0.15) is 26.8 Å². The lowest BCUT2D eigenvalue weighted by molar-refractivity contribution is 0.0753. The molecule has 3 rings (SSSR count). The van der Waals surface area contributed by atoms with Crippen LogP contribution in [0.25, 0.3) is 11.0 Å². The normalized spacial score (nSPS) is 11.0. The first-order valence-corrected chi connectivity index (χ1v) is 8.11. The molecule has 0 radical (unpaired) electrons. The summed E-state index contributed by atoms with van der Waals surface area (Å²) in [5.41, 5.74) is 2.31. The van der Waals surface area contributed by atoms with E-state index in [-0.39, 0.29) is 5.91 Å². The van der Waals surface area contributed by atoms with Crippen LogP contribution in [0, 0.1) is 13.8 Å². The number of carbonyl (C=O) groups excluding carboxylic acids is 1. The number of hydrogen-bond donors (Lipinski definition) is 0. The Balaban J connectivity index is 1.92. The number of fused-ring (bicyclic) bond motifs is 1. The van der Waals surface area contributed by atoms with Crippen molar-refractivity contribution in [2.45, 2.75) is 20.4 Å². The lowest BCUT2D eigenvalue weighted by atomic mass is 10.1. The zero-order valence-electron chi connectivity index (χ0n) is 13.5. The van der Waals surface area contributed by atoms with Gasteiger partial charge in [0.15, 0.2) is 17.1 Å². The van der Waals surface area contributed by atoms with Gasteiger partial charge in [-0.2, -0.15) is 0 Å². The van der Waals surface area contributed by atoms with Gasteiger partial charge < -0.3 is 14.1 Å². The Kier molecular flexibility index (Phi) is 4.09. The van der Waals surface area contributed by atoms with Crippen molar-refractivity contribution in [1.82, 2.24) is 9.88 Å². The summed E-state index contributed by atoms with van der Waals surface area (Å²) in [6.07, 6.45) is 0. The van der Waals surface area contributed by atoms with Crippen molar-refractivity contribution >= 4 is 28.2 Å². The number of carbonyl (C=O) groups is 1. The minimum atomic E-state index is -0.161. The van der Waals surface area contributed by atoms with Crippen molar-refractivity contribution in [3.05, 3.63) is 45.6 Å². The highest BCUT2D eigenvalue weighted by Crippen LogP contribution is 2.32. The lowest BCUT2D eigenvalue weighted by Gasteiger charge is -2.14. The molecule has 0 aliphatic rings. The second-order valence-corrected chi connectivity index (χ2v) is 6.47. The van der Waals surface area contributed by atoms with Crippen LogP contribution in [0.2, 0.25) is 0 Å². The second-order valence-electron chi connectivity index (χ2n) is 5.41. The summed E-state index contributed by atoms with van der Waals surface area (Å²) in [5, 5.41) is 3.85. The Bertz CT molecular complexity index is 866. The fourth-order valence-corrected chi connectivity index (χ4v) is 3.15. The van der Waals surface area contributed by atoms with Gasteiger partial charge in [0, 0.05) is 23.4 Å². The molecule has 120 valence electrons. The molecule has 6 heteroatoms. The third-order valence-electron chi connectivity index (χ3n) is 3.75. The largest absolute Gasteiger partial charge is 0.493 e. The first-order chi connectivity index (χ1) is 11.0. The molecular formula is C17H18N2O3S. The number of nitrogens with zero attached hydrogens (tertiary/aromatic N) is 2. The molecule has 0 fully saturated rings. The average Bonchev–Trinajstić information content (AvgIpc) is 3.10. The van der Waals surface area contributed by atoms with Crippen molar-refractivity contribution in [1.29, 1.82) is 0 Å². The fraction of sp³-hybridized carbons (Fsp3) is 0.294. The van der Waals surface area contributed by atoms with E-state index in [1.54, 1.807) is 30.4 Å². The summed E-state index contributed by atoms with van der Waals surface area (Å²) in [5.74, 6) is 0.813. The van der Waals surface area contributed by atoms with Gasteiger partial charge in [0.25, 0.3) is 5.91 Å². The number of thiazole rings is 1. The summed E-state index contributed by atoms with van der Waals surface area (Å²) in [6.45, 7) is 4.29. The zero-order valence-corrected chi connectivity index (χ0v) is 14.4. The van der Waals surface area contributed by atoms with Crippen LogP contribution in [0.3, 0.4) is 0 Å². The standard InChI is InChI=1S/C17H18N2O3S/c1-10-13-6-5-7-14(21-4)16(13)22-15(10)17(20)19(3)8-12-9-23-11(2)18-12/h5-7,9H,8H2,1-4H3. The first-order valence-electron chi connectivity index (χ1n) is 7.24. The molecule has 0 unspecified atom stereocenters. The molecule has 1 amide bonds. The molecule has 0 saturated carbocycles. The van der Waals surface area contributed by atoms with Crippen LogP contribution in [-0.4, -0.2) is 29.9 Å². The van der Waals surface area contributed by atoms with Crippen molar-refractivity contribution in [3.8, 4) is 5.75 Å². The molecule has 0 aliphatic heterocycles. The molecular weight excluding hydrogens is 312 g/mol. The minimum Gasteiger partial charge on any atom is -0.493 e. The van der Waals surface area contributed by atoms with Gasteiger partial charge in [-0.15, -0.1) is 11.3 Å². The van der Waals surface area contributed by atoms with E-state index >= 15 is 0 Å². The summed E-state index contributed by atoms with van der Waals surface area (Å²) >= 11 is 1.58. The van der Waals surface area contributed by atoms with Gasteiger partial charge in [-0.1, -0.05) is 12.1 Å². The quantitative estimate of drug-likeness (QED) is 0.730. The smallest absolute Gasteiger partial charge is 0.289 e. The van der Waals surface area contributed by atoms with Gasteiger partial charge in [0.05, 0.1) is 24.4 Å². The number of para-hydroxylation sites is 1. The molecule has 0 atom stereocenters. The molecule has 0 aliphatic carbocycles. The van der Waals surface area contributed by atoms with E-state index in [4.69, 9.17) is 9.15 Å². The van der Waals surface area contributed by atoms with E-state index in [0.29, 0.717) is 23.6 Å². The molecule has 0 spiro atoms. The van der Waals surface area contributed by atoms with E-state index < -0.39 is 0 Å². The number of benzene rings is 1. The highest BCUT2D eigenvalue weighted by Gasteiger charge is 2.23. The number of amides is 1. The number of aryl methyl sites for hydroxylation is 2. The number of aromatic nitrogens is 1.